The summed E-state index contributed by atoms with van der Waals surface area (Å²) in [6.07, 6.45) is 3.73. The van der Waals surface area contributed by atoms with Gasteiger partial charge in [-0.15, -0.1) is 0 Å². The van der Waals surface area contributed by atoms with Gasteiger partial charge in [0.1, 0.15) is 0 Å². The Morgan fingerprint density at radius 2 is 2.35 bits per heavy atom. The van der Waals surface area contributed by atoms with Crippen LogP contribution in [0.4, 0.5) is 0 Å². The van der Waals surface area contributed by atoms with Crippen molar-refractivity contribution in [3.63, 3.8) is 0 Å². The molecule has 0 atom stereocenters. The number of amides is 1. The standard InChI is InChI=1S/C11H18N4O2/c1-11(3-6-12-7-4-11)10(16)13-5-2-9-14-8-15-17-9/h8,12H,2-7H2,1H3,(H,13,16). The van der Waals surface area contributed by atoms with Crippen LogP contribution >= 0.6 is 0 Å². The first-order valence-electron chi connectivity index (χ1n) is 5.95. The molecule has 1 saturated heterocycles. The molecular weight excluding hydrogens is 220 g/mol. The molecule has 6 heteroatoms. The quantitative estimate of drug-likeness (QED) is 0.778. The fraction of sp³-hybridized carbons (Fsp3) is 0.727. The first-order valence-corrected chi connectivity index (χ1v) is 5.95. The highest BCUT2D eigenvalue weighted by Crippen LogP contribution is 2.27. The Kier molecular flexibility index (Phi) is 3.73. The Labute approximate surface area is 100 Å². The predicted molar refractivity (Wildman–Crippen MR) is 61.2 cm³/mol. The Balaban J connectivity index is 1.76. The number of piperidine rings is 1. The largest absolute Gasteiger partial charge is 0.355 e. The second kappa shape index (κ2) is 5.27. The van der Waals surface area contributed by atoms with Gasteiger partial charge in [-0.05, 0) is 25.9 Å². The van der Waals surface area contributed by atoms with Gasteiger partial charge in [-0.25, -0.2) is 0 Å². The van der Waals surface area contributed by atoms with Crippen molar-refractivity contribution >= 4 is 5.91 Å². The molecule has 0 aliphatic carbocycles. The van der Waals surface area contributed by atoms with Crippen molar-refractivity contribution in [1.29, 1.82) is 0 Å². The molecular formula is C11H18N4O2. The highest BCUT2D eigenvalue weighted by molar-refractivity contribution is 5.82. The van der Waals surface area contributed by atoms with E-state index in [9.17, 15) is 4.79 Å². The SMILES string of the molecule is CC1(C(=O)NCCc2ncno2)CCNCC1. The molecule has 1 aliphatic rings. The van der Waals surface area contributed by atoms with E-state index in [1.54, 1.807) is 0 Å². The summed E-state index contributed by atoms with van der Waals surface area (Å²) in [5, 5.41) is 9.71. The second-order valence-electron chi connectivity index (χ2n) is 4.65. The van der Waals surface area contributed by atoms with Crippen LogP contribution in [0, 0.1) is 5.41 Å². The summed E-state index contributed by atoms with van der Waals surface area (Å²) in [4.78, 5) is 15.9. The van der Waals surface area contributed by atoms with Gasteiger partial charge in [-0.1, -0.05) is 12.1 Å². The van der Waals surface area contributed by atoms with Gasteiger partial charge in [0.15, 0.2) is 6.33 Å². The maximum atomic E-state index is 12.0. The average Bonchev–Trinajstić information content (AvgIpc) is 2.83. The van der Waals surface area contributed by atoms with Gasteiger partial charge in [-0.2, -0.15) is 4.98 Å². The molecule has 2 heterocycles. The van der Waals surface area contributed by atoms with Crippen molar-refractivity contribution in [3.05, 3.63) is 12.2 Å². The van der Waals surface area contributed by atoms with Crippen LogP contribution in [0.25, 0.3) is 0 Å². The molecule has 2 rings (SSSR count). The van der Waals surface area contributed by atoms with Gasteiger partial charge < -0.3 is 15.2 Å². The number of nitrogens with zero attached hydrogens (tertiary/aromatic N) is 2. The maximum Gasteiger partial charge on any atom is 0.228 e. The molecule has 1 amide bonds. The zero-order valence-electron chi connectivity index (χ0n) is 10.0. The third-order valence-electron chi connectivity index (χ3n) is 3.29. The van der Waals surface area contributed by atoms with E-state index in [4.69, 9.17) is 4.52 Å². The molecule has 0 radical (unpaired) electrons. The first kappa shape index (κ1) is 12.0. The number of aromatic nitrogens is 2. The van der Waals surface area contributed by atoms with Crippen LogP contribution in [0.3, 0.4) is 0 Å². The molecule has 1 aromatic heterocycles. The monoisotopic (exact) mass is 238 g/mol. The Hall–Kier alpha value is -1.43. The van der Waals surface area contributed by atoms with Gasteiger partial charge in [0.05, 0.1) is 0 Å². The summed E-state index contributed by atoms with van der Waals surface area (Å²) in [5.41, 5.74) is -0.236. The van der Waals surface area contributed by atoms with E-state index in [0.29, 0.717) is 18.9 Å². The summed E-state index contributed by atoms with van der Waals surface area (Å²) in [5.74, 6) is 0.680. The molecule has 94 valence electrons. The van der Waals surface area contributed by atoms with Gasteiger partial charge in [-0.3, -0.25) is 4.79 Å². The second-order valence-corrected chi connectivity index (χ2v) is 4.65. The van der Waals surface area contributed by atoms with Crippen LogP contribution in [-0.2, 0) is 11.2 Å². The molecule has 1 aliphatic heterocycles. The van der Waals surface area contributed by atoms with Crippen LogP contribution in [0.2, 0.25) is 0 Å². The number of carbonyl (C=O) groups is 1. The molecule has 17 heavy (non-hydrogen) atoms. The lowest BCUT2D eigenvalue weighted by Crippen LogP contribution is -2.46. The highest BCUT2D eigenvalue weighted by Gasteiger charge is 2.34. The number of nitrogens with one attached hydrogen (secondary N) is 2. The maximum absolute atomic E-state index is 12.0. The number of rotatable bonds is 4. The van der Waals surface area contributed by atoms with Crippen molar-refractivity contribution in [1.82, 2.24) is 20.8 Å². The topological polar surface area (TPSA) is 80.1 Å². The van der Waals surface area contributed by atoms with Crippen LogP contribution in [0.1, 0.15) is 25.7 Å². The lowest BCUT2D eigenvalue weighted by molar-refractivity contribution is -0.131. The number of hydrogen-bond acceptors (Lipinski definition) is 5. The van der Waals surface area contributed by atoms with Crippen molar-refractivity contribution in [2.75, 3.05) is 19.6 Å². The molecule has 0 spiro atoms. The van der Waals surface area contributed by atoms with E-state index in [1.165, 1.54) is 6.33 Å². The number of carbonyl (C=O) groups excluding carboxylic acids is 1. The zero-order valence-corrected chi connectivity index (χ0v) is 10.0. The molecule has 0 bridgehead atoms. The average molecular weight is 238 g/mol. The summed E-state index contributed by atoms with van der Waals surface area (Å²) in [7, 11) is 0. The summed E-state index contributed by atoms with van der Waals surface area (Å²) >= 11 is 0. The molecule has 1 fully saturated rings. The fourth-order valence-corrected chi connectivity index (χ4v) is 2.01. The highest BCUT2D eigenvalue weighted by atomic mass is 16.5. The van der Waals surface area contributed by atoms with E-state index in [0.717, 1.165) is 25.9 Å². The van der Waals surface area contributed by atoms with E-state index in [1.807, 2.05) is 6.92 Å². The lowest BCUT2D eigenvalue weighted by atomic mass is 9.80. The third-order valence-corrected chi connectivity index (χ3v) is 3.29. The minimum absolute atomic E-state index is 0.124. The normalized spacial score (nSPS) is 18.9. The van der Waals surface area contributed by atoms with E-state index in [2.05, 4.69) is 20.8 Å². The lowest BCUT2D eigenvalue weighted by Gasteiger charge is -2.32. The van der Waals surface area contributed by atoms with Crippen LogP contribution < -0.4 is 10.6 Å². The summed E-state index contributed by atoms with van der Waals surface area (Å²) in [6.45, 7) is 4.39. The van der Waals surface area contributed by atoms with E-state index in [-0.39, 0.29) is 11.3 Å². The van der Waals surface area contributed by atoms with Gasteiger partial charge in [0.25, 0.3) is 0 Å². The smallest absolute Gasteiger partial charge is 0.228 e. The van der Waals surface area contributed by atoms with Crippen molar-refractivity contribution in [2.24, 2.45) is 5.41 Å². The third kappa shape index (κ3) is 3.03. The minimum atomic E-state index is -0.236. The van der Waals surface area contributed by atoms with Crippen molar-refractivity contribution < 1.29 is 9.32 Å². The summed E-state index contributed by atoms with van der Waals surface area (Å²) in [6, 6.07) is 0. The molecule has 6 nitrogen and oxygen atoms in total. The molecule has 0 aromatic carbocycles. The van der Waals surface area contributed by atoms with Crippen LogP contribution in [0.5, 0.6) is 0 Å². The van der Waals surface area contributed by atoms with Gasteiger partial charge in [0.2, 0.25) is 11.8 Å². The van der Waals surface area contributed by atoms with E-state index >= 15 is 0 Å². The Morgan fingerprint density at radius 3 is 3.00 bits per heavy atom. The minimum Gasteiger partial charge on any atom is -0.355 e. The Bertz CT molecular complexity index is 358. The van der Waals surface area contributed by atoms with Gasteiger partial charge >= 0.3 is 0 Å². The van der Waals surface area contributed by atoms with Gasteiger partial charge in [0, 0.05) is 18.4 Å². The fourth-order valence-electron chi connectivity index (χ4n) is 2.01. The van der Waals surface area contributed by atoms with Crippen molar-refractivity contribution in [2.45, 2.75) is 26.2 Å². The van der Waals surface area contributed by atoms with Crippen molar-refractivity contribution in [3.8, 4) is 0 Å². The number of hydrogen-bond donors (Lipinski definition) is 2. The molecule has 1 aromatic rings. The molecule has 0 saturated carbocycles. The predicted octanol–water partition coefficient (Wildman–Crippen LogP) is 0.118. The van der Waals surface area contributed by atoms with Crippen LogP contribution in [0.15, 0.2) is 10.9 Å². The molecule has 0 unspecified atom stereocenters. The van der Waals surface area contributed by atoms with Crippen LogP contribution in [-0.4, -0.2) is 35.7 Å². The van der Waals surface area contributed by atoms with E-state index < -0.39 is 0 Å². The first-order chi connectivity index (χ1) is 8.21. The summed E-state index contributed by atoms with van der Waals surface area (Å²) < 4.78 is 4.86. The molecule has 2 N–H and O–H groups in total. The zero-order chi connectivity index (χ0) is 12.1. The Morgan fingerprint density at radius 1 is 1.59 bits per heavy atom.